The van der Waals surface area contributed by atoms with Gasteiger partial charge in [-0.25, -0.2) is 0 Å². The van der Waals surface area contributed by atoms with Gasteiger partial charge in [-0.1, -0.05) is 48.6 Å². The monoisotopic (exact) mass is 311 g/mol. The fourth-order valence-electron chi connectivity index (χ4n) is 2.74. The van der Waals surface area contributed by atoms with E-state index in [-0.39, 0.29) is 0 Å². The summed E-state index contributed by atoms with van der Waals surface area (Å²) < 4.78 is 11.6. The molecule has 4 heteroatoms. The molecule has 3 nitrogen and oxygen atoms in total. The molecule has 1 N–H and O–H groups in total. The molecule has 1 fully saturated rings. The maximum atomic E-state index is 10.7. The Morgan fingerprint density at radius 3 is 2.73 bits per heavy atom. The Bertz CT molecular complexity index is 598. The van der Waals surface area contributed by atoms with Gasteiger partial charge in [-0.05, 0) is 30.1 Å². The Labute approximate surface area is 134 Å². The molecule has 1 aromatic rings. The molecule has 113 valence electrons. The number of hydrogen-bond acceptors (Lipinski definition) is 3. The summed E-state index contributed by atoms with van der Waals surface area (Å²) in [5.74, 6) is 0.539. The minimum Gasteiger partial charge on any atom is -0.490 e. The first-order chi connectivity index (χ1) is 10.7. The highest BCUT2D eigenvalue weighted by Gasteiger charge is 2.38. The van der Waals surface area contributed by atoms with Crippen LogP contribution in [0.25, 0.3) is 0 Å². The van der Waals surface area contributed by atoms with Gasteiger partial charge in [0.1, 0.15) is 18.5 Å². The van der Waals surface area contributed by atoms with E-state index in [4.69, 9.17) is 9.47 Å². The van der Waals surface area contributed by atoms with Gasteiger partial charge in [-0.3, -0.25) is 0 Å². The molecule has 1 heterocycles. The standard InChI is InChI=1S/C18H19O3Si/c19-17-15(18(22)11-6-12-21-18)9-4-5-10-16(17)20-13-14-7-2-1-3-8-14/h1-5,7-10,17,19H,6,11-13H2/t17?,18-/m1/s1. The summed E-state index contributed by atoms with van der Waals surface area (Å²) in [6, 6.07) is 9.92. The van der Waals surface area contributed by atoms with Gasteiger partial charge < -0.3 is 14.6 Å². The molecule has 0 bridgehead atoms. The second-order valence-electron chi connectivity index (χ2n) is 5.53. The van der Waals surface area contributed by atoms with Gasteiger partial charge in [0.25, 0.3) is 0 Å². The summed E-state index contributed by atoms with van der Waals surface area (Å²) in [7, 11) is 3.70. The van der Waals surface area contributed by atoms with Crippen molar-refractivity contribution in [2.45, 2.75) is 30.8 Å². The van der Waals surface area contributed by atoms with Crippen molar-refractivity contribution in [2.75, 3.05) is 6.61 Å². The molecular formula is C18H19O3Si. The van der Waals surface area contributed by atoms with Crippen LogP contribution in [-0.4, -0.2) is 33.3 Å². The van der Waals surface area contributed by atoms with Crippen LogP contribution in [0.4, 0.5) is 0 Å². The highest BCUT2D eigenvalue weighted by molar-refractivity contribution is 6.17. The van der Waals surface area contributed by atoms with Crippen molar-refractivity contribution in [2.24, 2.45) is 0 Å². The Kier molecular flexibility index (Phi) is 4.62. The molecule has 1 unspecified atom stereocenters. The number of ether oxygens (including phenoxy) is 2. The average molecular weight is 311 g/mol. The Morgan fingerprint density at radius 2 is 2.00 bits per heavy atom. The molecular weight excluding hydrogens is 292 g/mol. The van der Waals surface area contributed by atoms with E-state index in [0.29, 0.717) is 19.0 Å². The Hall–Kier alpha value is -1.62. The van der Waals surface area contributed by atoms with Crippen LogP contribution in [0.5, 0.6) is 0 Å². The zero-order valence-electron chi connectivity index (χ0n) is 12.4. The third kappa shape index (κ3) is 3.24. The van der Waals surface area contributed by atoms with Crippen LogP contribution >= 0.6 is 0 Å². The van der Waals surface area contributed by atoms with Crippen molar-refractivity contribution < 1.29 is 14.6 Å². The zero-order chi connectivity index (χ0) is 15.4. The lowest BCUT2D eigenvalue weighted by atomic mass is 9.99. The van der Waals surface area contributed by atoms with Crippen LogP contribution in [-0.2, 0) is 16.1 Å². The zero-order valence-corrected chi connectivity index (χ0v) is 13.4. The fraction of sp³-hybridized carbons (Fsp3) is 0.333. The van der Waals surface area contributed by atoms with Crippen LogP contribution in [0.2, 0.25) is 0 Å². The van der Waals surface area contributed by atoms with Crippen molar-refractivity contribution in [3.8, 4) is 0 Å². The predicted molar refractivity (Wildman–Crippen MR) is 86.2 cm³/mol. The van der Waals surface area contributed by atoms with Gasteiger partial charge in [0.2, 0.25) is 0 Å². The van der Waals surface area contributed by atoms with Gasteiger partial charge in [0.15, 0.2) is 0 Å². The molecule has 1 saturated heterocycles. The van der Waals surface area contributed by atoms with Crippen LogP contribution in [0.15, 0.2) is 66.0 Å². The maximum absolute atomic E-state index is 10.7. The summed E-state index contributed by atoms with van der Waals surface area (Å²) in [5, 5.41) is 10.1. The SMILES string of the molecule is OC1C(OCc2ccccc2)=CC=CC=C1[C@]1([Si])CCCO1. The van der Waals surface area contributed by atoms with E-state index in [2.05, 4.69) is 10.2 Å². The molecule has 0 spiro atoms. The van der Waals surface area contributed by atoms with Crippen molar-refractivity contribution in [1.29, 1.82) is 0 Å². The third-order valence-corrected chi connectivity index (χ3v) is 4.63. The Morgan fingerprint density at radius 1 is 1.23 bits per heavy atom. The lowest BCUT2D eigenvalue weighted by molar-refractivity contribution is 0.0600. The lowest BCUT2D eigenvalue weighted by Crippen LogP contribution is -2.37. The van der Waals surface area contributed by atoms with Gasteiger partial charge in [-0.15, -0.1) is 0 Å². The van der Waals surface area contributed by atoms with E-state index in [1.165, 1.54) is 0 Å². The molecule has 1 aliphatic heterocycles. The predicted octanol–water partition coefficient (Wildman–Crippen LogP) is 2.62. The third-order valence-electron chi connectivity index (χ3n) is 3.95. The molecule has 1 aliphatic carbocycles. The van der Waals surface area contributed by atoms with E-state index in [0.717, 1.165) is 24.0 Å². The number of aliphatic hydroxyl groups excluding tert-OH is 1. The van der Waals surface area contributed by atoms with E-state index in [1.807, 2.05) is 54.6 Å². The van der Waals surface area contributed by atoms with Gasteiger partial charge in [-0.2, -0.15) is 0 Å². The normalized spacial score (nSPS) is 28.0. The van der Waals surface area contributed by atoms with Crippen LogP contribution in [0.3, 0.4) is 0 Å². The summed E-state index contributed by atoms with van der Waals surface area (Å²) in [6.07, 6.45) is 8.49. The van der Waals surface area contributed by atoms with Crippen LogP contribution < -0.4 is 0 Å². The first kappa shape index (κ1) is 15.3. The fourth-order valence-corrected chi connectivity index (χ4v) is 3.23. The van der Waals surface area contributed by atoms with Gasteiger partial charge >= 0.3 is 0 Å². The molecule has 2 atom stereocenters. The van der Waals surface area contributed by atoms with Crippen molar-refractivity contribution in [1.82, 2.24) is 0 Å². The van der Waals surface area contributed by atoms with E-state index in [9.17, 15) is 5.11 Å². The second-order valence-corrected chi connectivity index (χ2v) is 6.34. The summed E-state index contributed by atoms with van der Waals surface area (Å²) in [6.45, 7) is 1.13. The Balaban J connectivity index is 1.74. The quantitative estimate of drug-likeness (QED) is 0.869. The molecule has 0 amide bonds. The molecule has 1 aromatic carbocycles. The number of benzene rings is 1. The van der Waals surface area contributed by atoms with Crippen LogP contribution in [0, 0.1) is 0 Å². The molecule has 3 rings (SSSR count). The molecule has 0 saturated carbocycles. The number of rotatable bonds is 4. The van der Waals surface area contributed by atoms with Crippen molar-refractivity contribution >= 4 is 10.2 Å². The largest absolute Gasteiger partial charge is 0.490 e. The first-order valence-corrected chi connectivity index (χ1v) is 8.02. The van der Waals surface area contributed by atoms with E-state index in [1.54, 1.807) is 0 Å². The first-order valence-electron chi connectivity index (χ1n) is 7.52. The van der Waals surface area contributed by atoms with Crippen molar-refractivity contribution in [3.63, 3.8) is 0 Å². The number of aliphatic hydroxyl groups is 1. The van der Waals surface area contributed by atoms with E-state index >= 15 is 0 Å². The van der Waals surface area contributed by atoms with Crippen molar-refractivity contribution in [3.05, 3.63) is 71.5 Å². The molecule has 2 aliphatic rings. The molecule has 3 radical (unpaired) electrons. The molecule has 22 heavy (non-hydrogen) atoms. The van der Waals surface area contributed by atoms with Gasteiger partial charge in [0, 0.05) is 6.61 Å². The summed E-state index contributed by atoms with van der Waals surface area (Å²) in [4.78, 5) is 0. The highest BCUT2D eigenvalue weighted by Crippen LogP contribution is 2.35. The molecule has 0 aromatic heterocycles. The minimum absolute atomic E-state index is 0.431. The summed E-state index contributed by atoms with van der Waals surface area (Å²) >= 11 is 0. The smallest absolute Gasteiger partial charge is 0.135 e. The number of hydrogen-bond donors (Lipinski definition) is 1. The average Bonchev–Trinajstić information content (AvgIpc) is 2.89. The number of allylic oxidation sites excluding steroid dienone is 4. The van der Waals surface area contributed by atoms with Crippen LogP contribution in [0.1, 0.15) is 18.4 Å². The minimum atomic E-state index is -0.811. The highest BCUT2D eigenvalue weighted by atomic mass is 28.1. The lowest BCUT2D eigenvalue weighted by Gasteiger charge is -2.30. The summed E-state index contributed by atoms with van der Waals surface area (Å²) in [5.41, 5.74) is 1.86. The topological polar surface area (TPSA) is 38.7 Å². The second kappa shape index (κ2) is 6.65. The van der Waals surface area contributed by atoms with E-state index < -0.39 is 11.3 Å². The maximum Gasteiger partial charge on any atom is 0.135 e. The van der Waals surface area contributed by atoms with Gasteiger partial charge in [0.05, 0.1) is 15.5 Å².